The maximum Gasteiger partial charge on any atom is 0.152 e. The molecule has 0 saturated carbocycles. The molecule has 0 spiro atoms. The van der Waals surface area contributed by atoms with Gasteiger partial charge >= 0.3 is 0 Å². The van der Waals surface area contributed by atoms with Crippen molar-refractivity contribution in [2.24, 2.45) is 0 Å². The van der Waals surface area contributed by atoms with Gasteiger partial charge in [-0.05, 0) is 25.5 Å². The first-order chi connectivity index (χ1) is 7.40. The molecule has 0 radical (unpaired) electrons. The number of sulfone groups is 1. The van der Waals surface area contributed by atoms with Crippen LogP contribution in [0.2, 0.25) is 0 Å². The van der Waals surface area contributed by atoms with E-state index in [1.54, 1.807) is 6.07 Å². The van der Waals surface area contributed by atoms with Crippen LogP contribution in [0.4, 0.5) is 11.4 Å². The number of para-hydroxylation sites is 2. The van der Waals surface area contributed by atoms with Crippen molar-refractivity contribution in [2.45, 2.75) is 18.9 Å². The normalized spacial score (nSPS) is 27.8. The minimum Gasteiger partial charge on any atom is -0.397 e. The molecular formula is C11H16N2O2S. The summed E-state index contributed by atoms with van der Waals surface area (Å²) in [7, 11) is -2.89. The molecule has 0 bridgehead atoms. The van der Waals surface area contributed by atoms with Gasteiger partial charge < -0.3 is 11.1 Å². The second-order valence-electron chi connectivity index (χ2n) is 4.61. The summed E-state index contributed by atoms with van der Waals surface area (Å²) in [5.74, 6) is 0.428. The zero-order valence-electron chi connectivity index (χ0n) is 9.23. The molecule has 1 saturated heterocycles. The molecule has 1 aromatic carbocycles. The molecule has 2 rings (SSSR count). The van der Waals surface area contributed by atoms with E-state index in [4.69, 9.17) is 5.73 Å². The molecule has 1 unspecified atom stereocenters. The molecule has 0 amide bonds. The first-order valence-electron chi connectivity index (χ1n) is 5.23. The largest absolute Gasteiger partial charge is 0.397 e. The second-order valence-corrected chi connectivity index (χ2v) is 6.80. The van der Waals surface area contributed by atoms with Gasteiger partial charge in [0.15, 0.2) is 9.84 Å². The Bertz CT molecular complexity index is 498. The second kappa shape index (κ2) is 3.66. The summed E-state index contributed by atoms with van der Waals surface area (Å²) in [6.45, 7) is 1.92. The van der Waals surface area contributed by atoms with Crippen molar-refractivity contribution in [1.82, 2.24) is 0 Å². The van der Waals surface area contributed by atoms with Crippen molar-refractivity contribution in [1.29, 1.82) is 0 Å². The standard InChI is InChI=1S/C11H16N2O2S/c1-11(6-7-16(14,15)8-11)13-10-5-3-2-4-9(10)12/h2-5,13H,6-8,12H2,1H3. The minimum absolute atomic E-state index is 0.175. The van der Waals surface area contributed by atoms with Gasteiger partial charge in [0.1, 0.15) is 0 Å². The lowest BCUT2D eigenvalue weighted by Crippen LogP contribution is -2.36. The van der Waals surface area contributed by atoms with Crippen LogP contribution in [-0.2, 0) is 9.84 Å². The molecule has 16 heavy (non-hydrogen) atoms. The number of benzene rings is 1. The van der Waals surface area contributed by atoms with E-state index in [1.165, 1.54) is 0 Å². The van der Waals surface area contributed by atoms with E-state index in [9.17, 15) is 8.42 Å². The van der Waals surface area contributed by atoms with Gasteiger partial charge in [-0.2, -0.15) is 0 Å². The summed E-state index contributed by atoms with van der Waals surface area (Å²) in [6.07, 6.45) is 0.629. The van der Waals surface area contributed by atoms with E-state index in [0.717, 1.165) is 5.69 Å². The zero-order chi connectivity index (χ0) is 11.8. The summed E-state index contributed by atoms with van der Waals surface area (Å²) in [4.78, 5) is 0. The molecular weight excluding hydrogens is 224 g/mol. The van der Waals surface area contributed by atoms with Gasteiger partial charge in [0.25, 0.3) is 0 Å². The van der Waals surface area contributed by atoms with E-state index in [0.29, 0.717) is 12.1 Å². The molecule has 1 heterocycles. The fourth-order valence-corrected chi connectivity index (χ4v) is 4.14. The Morgan fingerprint density at radius 2 is 2.06 bits per heavy atom. The summed E-state index contributed by atoms with van der Waals surface area (Å²) < 4.78 is 22.9. The Labute approximate surface area is 95.8 Å². The molecule has 1 atom stereocenters. The monoisotopic (exact) mass is 240 g/mol. The Balaban J connectivity index is 2.20. The highest BCUT2D eigenvalue weighted by molar-refractivity contribution is 7.91. The number of nitrogens with two attached hydrogens (primary N) is 1. The highest BCUT2D eigenvalue weighted by atomic mass is 32.2. The van der Waals surface area contributed by atoms with Crippen LogP contribution in [0.25, 0.3) is 0 Å². The van der Waals surface area contributed by atoms with Crippen LogP contribution in [0.5, 0.6) is 0 Å². The molecule has 0 aliphatic carbocycles. The molecule has 1 aliphatic heterocycles. The molecule has 4 nitrogen and oxygen atoms in total. The molecule has 3 N–H and O–H groups in total. The summed E-state index contributed by atoms with van der Waals surface area (Å²) in [5.41, 5.74) is 6.87. The number of rotatable bonds is 2. The van der Waals surface area contributed by atoms with Crippen LogP contribution in [0.1, 0.15) is 13.3 Å². The predicted octanol–water partition coefficient (Wildman–Crippen LogP) is 1.26. The van der Waals surface area contributed by atoms with E-state index in [-0.39, 0.29) is 11.5 Å². The van der Waals surface area contributed by atoms with Crippen molar-refractivity contribution in [3.63, 3.8) is 0 Å². The van der Waals surface area contributed by atoms with E-state index in [1.807, 2.05) is 25.1 Å². The van der Waals surface area contributed by atoms with Crippen molar-refractivity contribution >= 4 is 21.2 Å². The smallest absolute Gasteiger partial charge is 0.152 e. The van der Waals surface area contributed by atoms with Crippen molar-refractivity contribution in [3.8, 4) is 0 Å². The first-order valence-corrected chi connectivity index (χ1v) is 7.06. The lowest BCUT2D eigenvalue weighted by Gasteiger charge is -2.26. The maximum atomic E-state index is 11.5. The SMILES string of the molecule is CC1(Nc2ccccc2N)CCS(=O)(=O)C1. The first kappa shape index (κ1) is 11.3. The fourth-order valence-electron chi connectivity index (χ4n) is 2.05. The Morgan fingerprint density at radius 1 is 1.38 bits per heavy atom. The predicted molar refractivity (Wildman–Crippen MR) is 66.2 cm³/mol. The number of nitrogen functional groups attached to an aromatic ring is 1. The Kier molecular flexibility index (Phi) is 2.58. The summed E-state index contributed by atoms with van der Waals surface area (Å²) >= 11 is 0. The van der Waals surface area contributed by atoms with Gasteiger partial charge in [0.05, 0.1) is 22.9 Å². The molecule has 5 heteroatoms. The van der Waals surface area contributed by atoms with E-state index < -0.39 is 15.4 Å². The third-order valence-electron chi connectivity index (χ3n) is 2.90. The van der Waals surface area contributed by atoms with Gasteiger partial charge in [-0.15, -0.1) is 0 Å². The summed E-state index contributed by atoms with van der Waals surface area (Å²) in [5, 5.41) is 3.24. The number of nitrogens with one attached hydrogen (secondary N) is 1. The van der Waals surface area contributed by atoms with Crippen LogP contribution in [-0.4, -0.2) is 25.5 Å². The third kappa shape index (κ3) is 2.29. The molecule has 0 aromatic heterocycles. The summed E-state index contributed by atoms with van der Waals surface area (Å²) in [6, 6.07) is 7.40. The van der Waals surface area contributed by atoms with Crippen LogP contribution < -0.4 is 11.1 Å². The Morgan fingerprint density at radius 3 is 2.62 bits per heavy atom. The minimum atomic E-state index is -2.89. The van der Waals surface area contributed by atoms with E-state index >= 15 is 0 Å². The molecule has 88 valence electrons. The van der Waals surface area contributed by atoms with Crippen LogP contribution in [0.3, 0.4) is 0 Å². The van der Waals surface area contributed by atoms with Gasteiger partial charge in [-0.3, -0.25) is 0 Å². The van der Waals surface area contributed by atoms with Crippen molar-refractivity contribution < 1.29 is 8.42 Å². The van der Waals surface area contributed by atoms with Crippen LogP contribution in [0.15, 0.2) is 24.3 Å². The average molecular weight is 240 g/mol. The quantitative estimate of drug-likeness (QED) is 0.763. The number of hydrogen-bond donors (Lipinski definition) is 2. The molecule has 1 aliphatic rings. The van der Waals surface area contributed by atoms with Gasteiger partial charge in [0.2, 0.25) is 0 Å². The maximum absolute atomic E-state index is 11.5. The van der Waals surface area contributed by atoms with E-state index in [2.05, 4.69) is 5.32 Å². The van der Waals surface area contributed by atoms with Gasteiger partial charge in [0, 0.05) is 5.54 Å². The molecule has 1 aromatic rings. The van der Waals surface area contributed by atoms with Crippen molar-refractivity contribution in [3.05, 3.63) is 24.3 Å². The lowest BCUT2D eigenvalue weighted by atomic mass is 10.0. The third-order valence-corrected chi connectivity index (χ3v) is 4.80. The highest BCUT2D eigenvalue weighted by Gasteiger charge is 2.38. The zero-order valence-corrected chi connectivity index (χ0v) is 10.0. The Hall–Kier alpha value is -1.23. The van der Waals surface area contributed by atoms with Crippen LogP contribution >= 0.6 is 0 Å². The topological polar surface area (TPSA) is 72.2 Å². The fraction of sp³-hybridized carbons (Fsp3) is 0.455. The number of anilines is 2. The van der Waals surface area contributed by atoms with Gasteiger partial charge in [-0.25, -0.2) is 8.42 Å². The van der Waals surface area contributed by atoms with Crippen LogP contribution in [0, 0.1) is 0 Å². The number of hydrogen-bond acceptors (Lipinski definition) is 4. The lowest BCUT2D eigenvalue weighted by molar-refractivity contribution is 0.574. The van der Waals surface area contributed by atoms with Gasteiger partial charge in [-0.1, -0.05) is 12.1 Å². The molecule has 1 fully saturated rings. The van der Waals surface area contributed by atoms with Crippen molar-refractivity contribution in [2.75, 3.05) is 22.6 Å². The average Bonchev–Trinajstić information content (AvgIpc) is 2.45. The highest BCUT2D eigenvalue weighted by Crippen LogP contribution is 2.29.